The Labute approximate surface area is 110 Å². The van der Waals surface area contributed by atoms with Crippen LogP contribution < -0.4 is 10.6 Å². The summed E-state index contributed by atoms with van der Waals surface area (Å²) >= 11 is 0. The Hall–Kier alpha value is -1.52. The van der Waals surface area contributed by atoms with Crippen LogP contribution in [-0.2, 0) is 6.54 Å². The van der Waals surface area contributed by atoms with Gasteiger partial charge in [-0.05, 0) is 40.2 Å². The van der Waals surface area contributed by atoms with Gasteiger partial charge >= 0.3 is 0 Å². The molecule has 0 atom stereocenters. The molecular formula is C13H25N5. The van der Waals surface area contributed by atoms with E-state index in [1.165, 1.54) is 5.69 Å². The van der Waals surface area contributed by atoms with Crippen molar-refractivity contribution in [1.82, 2.24) is 20.4 Å². The Kier molecular flexibility index (Phi) is 5.68. The van der Waals surface area contributed by atoms with Crippen LogP contribution in [-0.4, -0.2) is 35.4 Å². The molecule has 0 bridgehead atoms. The Balaban J connectivity index is 2.28. The van der Waals surface area contributed by atoms with E-state index in [9.17, 15) is 0 Å². The minimum absolute atomic E-state index is 0.396. The van der Waals surface area contributed by atoms with Crippen LogP contribution in [0.5, 0.6) is 0 Å². The molecule has 0 aliphatic carbocycles. The van der Waals surface area contributed by atoms with Crippen molar-refractivity contribution < 1.29 is 0 Å². The van der Waals surface area contributed by atoms with Gasteiger partial charge in [-0.25, -0.2) is 0 Å². The summed E-state index contributed by atoms with van der Waals surface area (Å²) in [7, 11) is 1.79. The lowest BCUT2D eigenvalue weighted by molar-refractivity contribution is 0.553. The molecule has 0 radical (unpaired) electrons. The van der Waals surface area contributed by atoms with Crippen molar-refractivity contribution in [1.29, 1.82) is 0 Å². The second-order valence-corrected chi connectivity index (χ2v) is 4.80. The number of hydrogen-bond acceptors (Lipinski definition) is 2. The van der Waals surface area contributed by atoms with Gasteiger partial charge in [0.25, 0.3) is 0 Å². The van der Waals surface area contributed by atoms with Gasteiger partial charge in [0.05, 0.1) is 5.69 Å². The minimum Gasteiger partial charge on any atom is -0.356 e. The van der Waals surface area contributed by atoms with E-state index in [0.717, 1.165) is 31.2 Å². The first-order chi connectivity index (χ1) is 8.52. The fraction of sp³-hybridized carbons (Fsp3) is 0.692. The normalized spacial score (nSPS) is 12.0. The molecule has 0 aliphatic heterocycles. The first kappa shape index (κ1) is 14.5. The van der Waals surface area contributed by atoms with Crippen LogP contribution in [0.2, 0.25) is 0 Å². The van der Waals surface area contributed by atoms with Gasteiger partial charge in [0.2, 0.25) is 0 Å². The Bertz CT molecular complexity index is 392. The summed E-state index contributed by atoms with van der Waals surface area (Å²) in [6, 6.07) is 2.50. The molecule has 1 rings (SSSR count). The van der Waals surface area contributed by atoms with Gasteiger partial charge in [0.1, 0.15) is 0 Å². The molecule has 102 valence electrons. The number of aryl methyl sites for hydroxylation is 3. The van der Waals surface area contributed by atoms with E-state index in [4.69, 9.17) is 0 Å². The van der Waals surface area contributed by atoms with Crippen molar-refractivity contribution in [3.63, 3.8) is 0 Å². The van der Waals surface area contributed by atoms with Crippen LogP contribution in [0, 0.1) is 13.8 Å². The van der Waals surface area contributed by atoms with Crippen LogP contribution in [0.25, 0.3) is 0 Å². The van der Waals surface area contributed by atoms with Crippen molar-refractivity contribution in [2.45, 2.75) is 46.7 Å². The number of nitrogens with zero attached hydrogens (tertiary/aromatic N) is 3. The standard InChI is InChI=1S/C13H25N5/c1-10(2)16-13(14-5)15-7-6-8-18-12(4)9-11(3)17-18/h9-10H,6-8H2,1-5H3,(H2,14,15,16). The lowest BCUT2D eigenvalue weighted by Gasteiger charge is -2.14. The highest BCUT2D eigenvalue weighted by atomic mass is 15.3. The van der Waals surface area contributed by atoms with E-state index < -0.39 is 0 Å². The van der Waals surface area contributed by atoms with Gasteiger partial charge in [-0.1, -0.05) is 0 Å². The number of nitrogens with one attached hydrogen (secondary N) is 2. The smallest absolute Gasteiger partial charge is 0.191 e. The maximum atomic E-state index is 4.44. The van der Waals surface area contributed by atoms with Gasteiger partial charge < -0.3 is 10.6 Å². The molecule has 0 saturated carbocycles. The highest BCUT2D eigenvalue weighted by Gasteiger charge is 2.01. The maximum Gasteiger partial charge on any atom is 0.191 e. The maximum absolute atomic E-state index is 4.44. The van der Waals surface area contributed by atoms with E-state index >= 15 is 0 Å². The average Bonchev–Trinajstić information content (AvgIpc) is 2.61. The molecule has 18 heavy (non-hydrogen) atoms. The molecular weight excluding hydrogens is 226 g/mol. The van der Waals surface area contributed by atoms with Crippen LogP contribution >= 0.6 is 0 Å². The van der Waals surface area contributed by atoms with E-state index in [-0.39, 0.29) is 0 Å². The molecule has 0 amide bonds. The molecule has 0 aliphatic rings. The summed E-state index contributed by atoms with van der Waals surface area (Å²) in [5.74, 6) is 0.860. The van der Waals surface area contributed by atoms with Gasteiger partial charge in [0, 0.05) is 31.9 Å². The number of aromatic nitrogens is 2. The summed E-state index contributed by atoms with van der Waals surface area (Å²) in [5, 5.41) is 11.0. The quantitative estimate of drug-likeness (QED) is 0.473. The largest absolute Gasteiger partial charge is 0.356 e. The lowest BCUT2D eigenvalue weighted by Crippen LogP contribution is -2.41. The van der Waals surface area contributed by atoms with Crippen molar-refractivity contribution >= 4 is 5.96 Å². The zero-order chi connectivity index (χ0) is 13.5. The summed E-state index contributed by atoms with van der Waals surface area (Å²) in [6.07, 6.45) is 1.03. The molecule has 1 aromatic rings. The molecule has 0 spiro atoms. The van der Waals surface area contributed by atoms with Crippen molar-refractivity contribution in [2.75, 3.05) is 13.6 Å². The van der Waals surface area contributed by atoms with E-state index in [1.54, 1.807) is 7.05 Å². The molecule has 0 fully saturated rings. The average molecular weight is 251 g/mol. The predicted octanol–water partition coefficient (Wildman–Crippen LogP) is 1.46. The SMILES string of the molecule is CN=C(NCCCn1nc(C)cc1C)NC(C)C. The number of hydrogen-bond donors (Lipinski definition) is 2. The number of rotatable bonds is 5. The fourth-order valence-electron chi connectivity index (χ4n) is 1.80. The molecule has 5 nitrogen and oxygen atoms in total. The monoisotopic (exact) mass is 251 g/mol. The number of aliphatic imine (C=N–C) groups is 1. The van der Waals surface area contributed by atoms with Crippen LogP contribution in [0.3, 0.4) is 0 Å². The predicted molar refractivity (Wildman–Crippen MR) is 76.0 cm³/mol. The first-order valence-corrected chi connectivity index (χ1v) is 6.51. The molecule has 1 heterocycles. The minimum atomic E-state index is 0.396. The molecule has 1 aromatic heterocycles. The van der Waals surface area contributed by atoms with E-state index in [1.807, 2.05) is 6.92 Å². The van der Waals surface area contributed by atoms with Crippen molar-refractivity contribution in [2.24, 2.45) is 4.99 Å². The lowest BCUT2D eigenvalue weighted by atomic mass is 10.4. The van der Waals surface area contributed by atoms with Gasteiger partial charge in [-0.15, -0.1) is 0 Å². The topological polar surface area (TPSA) is 54.2 Å². The van der Waals surface area contributed by atoms with E-state index in [2.05, 4.69) is 52.2 Å². The summed E-state index contributed by atoms with van der Waals surface area (Å²) in [4.78, 5) is 4.17. The van der Waals surface area contributed by atoms with Gasteiger partial charge in [-0.2, -0.15) is 5.10 Å². The zero-order valence-corrected chi connectivity index (χ0v) is 12.1. The van der Waals surface area contributed by atoms with Crippen LogP contribution in [0.1, 0.15) is 31.7 Å². The summed E-state index contributed by atoms with van der Waals surface area (Å²) < 4.78 is 2.05. The molecule has 2 N–H and O–H groups in total. The third-order valence-corrected chi connectivity index (χ3v) is 2.59. The molecule has 5 heteroatoms. The fourth-order valence-corrected chi connectivity index (χ4v) is 1.80. The zero-order valence-electron chi connectivity index (χ0n) is 12.1. The van der Waals surface area contributed by atoms with Crippen LogP contribution in [0.4, 0.5) is 0 Å². The highest BCUT2D eigenvalue weighted by Crippen LogP contribution is 2.02. The Morgan fingerprint density at radius 1 is 1.44 bits per heavy atom. The van der Waals surface area contributed by atoms with Crippen molar-refractivity contribution in [3.8, 4) is 0 Å². The number of guanidine groups is 1. The summed E-state index contributed by atoms with van der Waals surface area (Å²) in [6.45, 7) is 10.1. The Morgan fingerprint density at radius 2 is 2.17 bits per heavy atom. The third-order valence-electron chi connectivity index (χ3n) is 2.59. The first-order valence-electron chi connectivity index (χ1n) is 6.51. The third kappa shape index (κ3) is 4.77. The van der Waals surface area contributed by atoms with E-state index in [0.29, 0.717) is 6.04 Å². The van der Waals surface area contributed by atoms with Crippen LogP contribution in [0.15, 0.2) is 11.1 Å². The van der Waals surface area contributed by atoms with Gasteiger partial charge in [0.15, 0.2) is 5.96 Å². The summed E-state index contributed by atoms with van der Waals surface area (Å²) in [5.41, 5.74) is 2.30. The van der Waals surface area contributed by atoms with Crippen molar-refractivity contribution in [3.05, 3.63) is 17.5 Å². The van der Waals surface area contributed by atoms with Gasteiger partial charge in [-0.3, -0.25) is 9.67 Å². The molecule has 0 saturated heterocycles. The highest BCUT2D eigenvalue weighted by molar-refractivity contribution is 5.79. The molecule has 0 unspecified atom stereocenters. The Morgan fingerprint density at radius 3 is 2.67 bits per heavy atom. The second kappa shape index (κ2) is 7.03. The second-order valence-electron chi connectivity index (χ2n) is 4.80. The molecule has 0 aromatic carbocycles.